The number of carbonyl (C=O) groups is 1. The lowest BCUT2D eigenvalue weighted by atomic mass is 10.0. The van der Waals surface area contributed by atoms with Crippen LogP contribution in [0.4, 0.5) is 4.79 Å². The van der Waals surface area contributed by atoms with E-state index in [0.717, 1.165) is 37.3 Å². The molecule has 9 nitrogen and oxygen atoms in total. The van der Waals surface area contributed by atoms with Crippen LogP contribution in [0.25, 0.3) is 22.5 Å². The molecule has 4 rings (SSSR count). The number of carbonyl (C=O) groups excluding carboxylic acids is 1. The van der Waals surface area contributed by atoms with Crippen molar-refractivity contribution in [2.24, 2.45) is 0 Å². The summed E-state index contributed by atoms with van der Waals surface area (Å²) in [6.45, 7) is 7.92. The molecule has 1 amide bonds. The Bertz CT molecular complexity index is 1190. The van der Waals surface area contributed by atoms with E-state index in [1.165, 1.54) is 25.2 Å². The molecule has 2 N–H and O–H groups in total. The van der Waals surface area contributed by atoms with Gasteiger partial charge in [0.2, 0.25) is 0 Å². The second-order valence-electron chi connectivity index (χ2n) is 10.8. The first-order valence-electron chi connectivity index (χ1n) is 13.0. The van der Waals surface area contributed by atoms with E-state index in [4.69, 9.17) is 9.47 Å². The molecule has 2 aromatic heterocycles. The maximum Gasteiger partial charge on any atom is 0.412 e. The second-order valence-corrected chi connectivity index (χ2v) is 16.4. The highest BCUT2D eigenvalue weighted by Crippen LogP contribution is 2.34. The number of aromatic hydroxyl groups is 1. The highest BCUT2D eigenvalue weighted by Gasteiger charge is 2.18. The molecule has 1 aliphatic rings. The van der Waals surface area contributed by atoms with Gasteiger partial charge in [-0.15, -0.1) is 0 Å². The zero-order valence-corrected chi connectivity index (χ0v) is 22.9. The lowest BCUT2D eigenvalue weighted by molar-refractivity contribution is 0.0796. The molecule has 2 heterocycles. The molecule has 0 bridgehead atoms. The number of hydrogen-bond donors (Lipinski definition) is 2. The monoisotopic (exact) mass is 523 g/mol. The Kier molecular flexibility index (Phi) is 8.94. The van der Waals surface area contributed by atoms with Crippen LogP contribution in [0.3, 0.4) is 0 Å². The average molecular weight is 524 g/mol. The van der Waals surface area contributed by atoms with Crippen LogP contribution in [0, 0.1) is 0 Å². The lowest BCUT2D eigenvalue weighted by Gasteiger charge is -2.16. The van der Waals surface area contributed by atoms with Crippen LogP contribution in [0.15, 0.2) is 43.0 Å². The topological polar surface area (TPSA) is 111 Å². The van der Waals surface area contributed by atoms with Gasteiger partial charge in [0.1, 0.15) is 24.6 Å². The highest BCUT2D eigenvalue weighted by molar-refractivity contribution is 6.76. The van der Waals surface area contributed by atoms with Gasteiger partial charge < -0.3 is 19.9 Å². The number of ether oxygens (including phenoxy) is 2. The summed E-state index contributed by atoms with van der Waals surface area (Å²) >= 11 is 0. The summed E-state index contributed by atoms with van der Waals surface area (Å²) in [7, 11) is -1.18. The van der Waals surface area contributed by atoms with Crippen molar-refractivity contribution in [3.63, 3.8) is 0 Å². The van der Waals surface area contributed by atoms with Crippen LogP contribution in [0.2, 0.25) is 25.7 Å². The number of phenols is 1. The molecule has 0 spiro atoms. The lowest BCUT2D eigenvalue weighted by Crippen LogP contribution is -2.36. The molecule has 0 radical (unpaired) electrons. The quantitative estimate of drug-likeness (QED) is 0.206. The molecular formula is C27H37N5O4Si. The molecular weight excluding hydrogens is 486 g/mol. The van der Waals surface area contributed by atoms with E-state index in [9.17, 15) is 9.90 Å². The molecule has 3 aromatic rings. The van der Waals surface area contributed by atoms with Gasteiger partial charge in [0.25, 0.3) is 0 Å². The number of rotatable bonds is 9. The van der Waals surface area contributed by atoms with Crippen LogP contribution < -0.4 is 10.1 Å². The first kappa shape index (κ1) is 26.8. The van der Waals surface area contributed by atoms with Crippen molar-refractivity contribution >= 4 is 14.2 Å². The van der Waals surface area contributed by atoms with Crippen molar-refractivity contribution in [3.8, 4) is 34.0 Å². The standard InChI is InChI=1S/C27H37N5O4Si/c1-37(2,3)13-12-35-19-32-26(29-18-30-32)21-14-20(16-28-17-21)24-15-23(10-11-25(24)33)36-27(34)31-22-8-6-4-5-7-9-22/h10-11,14-18,22,33H,4-9,12-13,19H2,1-3H3,(H,31,34). The molecule has 37 heavy (non-hydrogen) atoms. The van der Waals surface area contributed by atoms with Gasteiger partial charge in [-0.1, -0.05) is 45.3 Å². The maximum absolute atomic E-state index is 12.5. The van der Waals surface area contributed by atoms with E-state index in [1.54, 1.807) is 29.2 Å². The van der Waals surface area contributed by atoms with Gasteiger partial charge in [-0.2, -0.15) is 5.10 Å². The smallest absolute Gasteiger partial charge is 0.412 e. The van der Waals surface area contributed by atoms with E-state index < -0.39 is 14.2 Å². The minimum Gasteiger partial charge on any atom is -0.507 e. The molecule has 0 aliphatic heterocycles. The molecule has 198 valence electrons. The van der Waals surface area contributed by atoms with Crippen LogP contribution in [0.1, 0.15) is 38.5 Å². The second kappa shape index (κ2) is 12.3. The van der Waals surface area contributed by atoms with Crippen LogP contribution >= 0.6 is 0 Å². The number of hydrogen-bond acceptors (Lipinski definition) is 7. The SMILES string of the molecule is C[Si](C)(C)CCOCn1ncnc1-c1cncc(-c2cc(OC(=O)NC3CCCCCC3)ccc2O)c1. The van der Waals surface area contributed by atoms with Gasteiger partial charge >= 0.3 is 6.09 Å². The zero-order chi connectivity index (χ0) is 26.3. The first-order valence-corrected chi connectivity index (χ1v) is 16.7. The number of amides is 1. The normalized spacial score (nSPS) is 14.8. The third-order valence-electron chi connectivity index (χ3n) is 6.49. The molecule has 10 heteroatoms. The van der Waals surface area contributed by atoms with E-state index in [-0.39, 0.29) is 11.8 Å². The third kappa shape index (κ3) is 7.87. The average Bonchev–Trinajstić information content (AvgIpc) is 3.18. The summed E-state index contributed by atoms with van der Waals surface area (Å²) in [5, 5.41) is 17.8. The summed E-state index contributed by atoms with van der Waals surface area (Å²) in [6.07, 6.45) is 11.0. The zero-order valence-electron chi connectivity index (χ0n) is 21.9. The Hall–Kier alpha value is -3.24. The molecule has 1 saturated carbocycles. The van der Waals surface area contributed by atoms with E-state index in [2.05, 4.69) is 40.0 Å². The van der Waals surface area contributed by atoms with Gasteiger partial charge in [-0.3, -0.25) is 4.98 Å². The van der Waals surface area contributed by atoms with Gasteiger partial charge in [-0.05, 0) is 43.2 Å². The van der Waals surface area contributed by atoms with Crippen LogP contribution in [0.5, 0.6) is 11.5 Å². The van der Waals surface area contributed by atoms with Crippen molar-refractivity contribution in [2.75, 3.05) is 6.61 Å². The molecule has 0 saturated heterocycles. The summed E-state index contributed by atoms with van der Waals surface area (Å²) in [6, 6.07) is 7.84. The summed E-state index contributed by atoms with van der Waals surface area (Å²) < 4.78 is 13.1. The molecule has 1 fully saturated rings. The molecule has 1 aromatic carbocycles. The Balaban J connectivity index is 1.46. The maximum atomic E-state index is 12.5. The minimum absolute atomic E-state index is 0.0617. The fourth-order valence-corrected chi connectivity index (χ4v) is 5.11. The van der Waals surface area contributed by atoms with Crippen LogP contribution in [-0.4, -0.2) is 51.7 Å². The largest absolute Gasteiger partial charge is 0.507 e. The highest BCUT2D eigenvalue weighted by atomic mass is 28.3. The van der Waals surface area contributed by atoms with Gasteiger partial charge in [0.15, 0.2) is 5.82 Å². The molecule has 0 atom stereocenters. The number of phenolic OH excluding ortho intramolecular Hbond substituents is 1. The van der Waals surface area contributed by atoms with Crippen molar-refractivity contribution in [1.82, 2.24) is 25.1 Å². The number of pyridine rings is 1. The predicted molar refractivity (Wildman–Crippen MR) is 145 cm³/mol. The van der Waals surface area contributed by atoms with Crippen molar-refractivity contribution in [3.05, 3.63) is 43.0 Å². The predicted octanol–water partition coefficient (Wildman–Crippen LogP) is 5.84. The minimum atomic E-state index is -1.18. The molecule has 1 aliphatic carbocycles. The van der Waals surface area contributed by atoms with Gasteiger partial charge in [-0.25, -0.2) is 14.5 Å². The summed E-state index contributed by atoms with van der Waals surface area (Å²) in [5.74, 6) is 1.03. The van der Waals surface area contributed by atoms with Crippen molar-refractivity contribution in [2.45, 2.75) is 77.0 Å². The van der Waals surface area contributed by atoms with E-state index in [1.807, 2.05) is 6.07 Å². The van der Waals surface area contributed by atoms with E-state index in [0.29, 0.717) is 36.0 Å². The first-order chi connectivity index (χ1) is 17.8. The number of nitrogens with zero attached hydrogens (tertiary/aromatic N) is 4. The van der Waals surface area contributed by atoms with Gasteiger partial charge in [0.05, 0.1) is 0 Å². The Morgan fingerprint density at radius 1 is 1.11 bits per heavy atom. The Morgan fingerprint density at radius 2 is 1.86 bits per heavy atom. The number of aromatic nitrogens is 4. The number of nitrogens with one attached hydrogen (secondary N) is 1. The fraction of sp³-hybridized carbons (Fsp3) is 0.481. The Labute approximate surface area is 219 Å². The Morgan fingerprint density at radius 3 is 2.62 bits per heavy atom. The summed E-state index contributed by atoms with van der Waals surface area (Å²) in [4.78, 5) is 21.2. The number of benzene rings is 1. The fourth-order valence-electron chi connectivity index (χ4n) is 4.36. The summed E-state index contributed by atoms with van der Waals surface area (Å²) in [5.41, 5.74) is 1.91. The van der Waals surface area contributed by atoms with E-state index >= 15 is 0 Å². The molecule has 0 unspecified atom stereocenters. The van der Waals surface area contributed by atoms with Crippen molar-refractivity contribution in [1.29, 1.82) is 0 Å². The van der Waals surface area contributed by atoms with Gasteiger partial charge in [0, 0.05) is 49.8 Å². The third-order valence-corrected chi connectivity index (χ3v) is 8.19. The van der Waals surface area contributed by atoms with Crippen molar-refractivity contribution < 1.29 is 19.4 Å². The van der Waals surface area contributed by atoms with Crippen LogP contribution in [-0.2, 0) is 11.5 Å².